The molecule has 4 heterocycles. The average molecular weight is 477 g/mol. The lowest BCUT2D eigenvalue weighted by atomic mass is 10.1. The number of aromatic nitrogens is 6. The second-order valence-corrected chi connectivity index (χ2v) is 8.20. The Morgan fingerprint density at radius 3 is 2.61 bits per heavy atom. The van der Waals surface area contributed by atoms with Gasteiger partial charge in [0.25, 0.3) is 0 Å². The summed E-state index contributed by atoms with van der Waals surface area (Å²) in [6.45, 7) is 3.75. The number of imidazole rings is 1. The Hall–Kier alpha value is -4.81. The predicted octanol–water partition coefficient (Wildman–Crippen LogP) is 3.23. The van der Waals surface area contributed by atoms with Gasteiger partial charge in [-0.1, -0.05) is 12.0 Å². The van der Waals surface area contributed by atoms with E-state index in [1.165, 1.54) is 6.33 Å². The molecule has 0 radical (unpaired) electrons. The Labute approximate surface area is 208 Å². The summed E-state index contributed by atoms with van der Waals surface area (Å²) < 4.78 is 3.70. The van der Waals surface area contributed by atoms with Crippen molar-refractivity contribution in [2.75, 3.05) is 12.4 Å². The molecule has 9 nitrogen and oxygen atoms in total. The molecule has 178 valence electrons. The van der Waals surface area contributed by atoms with E-state index in [2.05, 4.69) is 37.5 Å². The molecule has 5 rings (SSSR count). The molecule has 0 aliphatic rings. The monoisotopic (exact) mass is 476 g/mol. The predicted molar refractivity (Wildman–Crippen MR) is 138 cm³/mol. The molecular formula is C27H24N8O. The standard InChI is InChI=1S/C27H24N8O/c1-18-26(34-15-5-4-6-25(34)31-18)22-12-14-24(33-27(36)19(2)28-3)32-23(22)13-9-20-7-10-21(11-8-20)35-17-29-16-30-35/h4-8,10-12,14-17,19,28H,1-3H3,(H,32,33,36). The van der Waals surface area contributed by atoms with Gasteiger partial charge in [-0.05, 0) is 75.3 Å². The van der Waals surface area contributed by atoms with E-state index in [0.717, 1.165) is 33.8 Å². The molecule has 1 amide bonds. The number of likely N-dealkylation sites (N-methyl/N-ethyl adjacent to an activating group) is 1. The fourth-order valence-electron chi connectivity index (χ4n) is 3.79. The number of rotatable bonds is 5. The highest BCUT2D eigenvalue weighted by atomic mass is 16.2. The molecule has 36 heavy (non-hydrogen) atoms. The van der Waals surface area contributed by atoms with Gasteiger partial charge in [0.1, 0.15) is 29.8 Å². The molecular weight excluding hydrogens is 452 g/mol. The lowest BCUT2D eigenvalue weighted by Gasteiger charge is -2.12. The number of amides is 1. The molecule has 1 atom stereocenters. The molecule has 4 aromatic heterocycles. The van der Waals surface area contributed by atoms with Gasteiger partial charge in [-0.3, -0.25) is 9.20 Å². The van der Waals surface area contributed by atoms with Crippen molar-refractivity contribution in [3.8, 4) is 28.8 Å². The normalized spacial score (nSPS) is 11.6. The summed E-state index contributed by atoms with van der Waals surface area (Å²) in [4.78, 5) is 25.8. The van der Waals surface area contributed by atoms with Crippen LogP contribution in [0.5, 0.6) is 0 Å². The number of carbonyl (C=O) groups is 1. The highest BCUT2D eigenvalue weighted by molar-refractivity contribution is 5.94. The summed E-state index contributed by atoms with van der Waals surface area (Å²) >= 11 is 0. The number of hydrogen-bond donors (Lipinski definition) is 2. The van der Waals surface area contributed by atoms with Crippen LogP contribution in [0.15, 0.2) is 73.4 Å². The Balaban J connectivity index is 1.56. The van der Waals surface area contributed by atoms with Crippen molar-refractivity contribution in [2.24, 2.45) is 0 Å². The first kappa shape index (κ1) is 23.0. The zero-order valence-electron chi connectivity index (χ0n) is 20.1. The van der Waals surface area contributed by atoms with Crippen LogP contribution in [-0.2, 0) is 4.79 Å². The lowest BCUT2D eigenvalue weighted by Crippen LogP contribution is -2.35. The van der Waals surface area contributed by atoms with Gasteiger partial charge in [-0.15, -0.1) is 0 Å². The van der Waals surface area contributed by atoms with Crippen LogP contribution in [0.1, 0.15) is 23.9 Å². The molecule has 0 saturated carbocycles. The molecule has 0 aliphatic carbocycles. The van der Waals surface area contributed by atoms with E-state index in [-0.39, 0.29) is 11.9 Å². The molecule has 0 spiro atoms. The largest absolute Gasteiger partial charge is 0.309 e. The molecule has 0 fully saturated rings. The van der Waals surface area contributed by atoms with Gasteiger partial charge in [0.2, 0.25) is 5.91 Å². The van der Waals surface area contributed by atoms with Gasteiger partial charge in [0, 0.05) is 17.3 Å². The maximum absolute atomic E-state index is 12.4. The Morgan fingerprint density at radius 2 is 1.86 bits per heavy atom. The molecule has 0 bridgehead atoms. The maximum atomic E-state index is 12.4. The number of nitrogens with zero attached hydrogens (tertiary/aromatic N) is 6. The van der Waals surface area contributed by atoms with Crippen molar-refractivity contribution < 1.29 is 4.79 Å². The molecule has 1 aromatic carbocycles. The van der Waals surface area contributed by atoms with Gasteiger partial charge in [-0.2, -0.15) is 5.10 Å². The van der Waals surface area contributed by atoms with Crippen LogP contribution < -0.4 is 10.6 Å². The summed E-state index contributed by atoms with van der Waals surface area (Å²) in [7, 11) is 1.74. The summed E-state index contributed by atoms with van der Waals surface area (Å²) in [5, 5.41) is 9.94. The molecule has 1 unspecified atom stereocenters. The van der Waals surface area contributed by atoms with Crippen molar-refractivity contribution in [1.82, 2.24) is 34.4 Å². The highest BCUT2D eigenvalue weighted by Crippen LogP contribution is 2.28. The second-order valence-electron chi connectivity index (χ2n) is 8.20. The number of aryl methyl sites for hydroxylation is 1. The van der Waals surface area contributed by atoms with E-state index in [9.17, 15) is 4.79 Å². The van der Waals surface area contributed by atoms with E-state index < -0.39 is 0 Å². The van der Waals surface area contributed by atoms with Crippen LogP contribution in [0.25, 0.3) is 22.6 Å². The minimum Gasteiger partial charge on any atom is -0.309 e. The number of pyridine rings is 2. The zero-order valence-corrected chi connectivity index (χ0v) is 20.1. The Kier molecular flexibility index (Phi) is 6.26. The smallest absolute Gasteiger partial charge is 0.242 e. The topological polar surface area (TPSA) is 102 Å². The number of hydrogen-bond acceptors (Lipinski definition) is 6. The minimum atomic E-state index is -0.356. The third kappa shape index (κ3) is 4.58. The summed E-state index contributed by atoms with van der Waals surface area (Å²) in [6, 6.07) is 16.9. The van der Waals surface area contributed by atoms with E-state index in [0.29, 0.717) is 11.5 Å². The zero-order chi connectivity index (χ0) is 25.1. The highest BCUT2D eigenvalue weighted by Gasteiger charge is 2.17. The van der Waals surface area contributed by atoms with Crippen LogP contribution in [0.2, 0.25) is 0 Å². The van der Waals surface area contributed by atoms with Gasteiger partial charge >= 0.3 is 0 Å². The minimum absolute atomic E-state index is 0.175. The summed E-state index contributed by atoms with van der Waals surface area (Å²) in [5.41, 5.74) is 5.69. The third-order valence-electron chi connectivity index (χ3n) is 5.81. The first-order chi connectivity index (χ1) is 17.5. The fourth-order valence-corrected chi connectivity index (χ4v) is 3.79. The number of nitrogens with one attached hydrogen (secondary N) is 2. The number of carbonyl (C=O) groups excluding carboxylic acids is 1. The number of fused-ring (bicyclic) bond motifs is 1. The SMILES string of the molecule is CNC(C)C(=O)Nc1ccc(-c2c(C)nc3ccccn23)c(C#Cc2ccc(-n3cncn3)cc2)n1. The number of anilines is 1. The molecule has 0 aliphatic heterocycles. The number of benzene rings is 1. The van der Waals surface area contributed by atoms with Crippen molar-refractivity contribution in [3.05, 3.63) is 90.4 Å². The second kappa shape index (κ2) is 9.82. The molecule has 0 saturated heterocycles. The molecule has 2 N–H and O–H groups in total. The lowest BCUT2D eigenvalue weighted by molar-refractivity contribution is -0.117. The first-order valence-electron chi connectivity index (χ1n) is 11.4. The van der Waals surface area contributed by atoms with Crippen LogP contribution in [-0.4, -0.2) is 48.1 Å². The molecule has 9 heteroatoms. The summed E-state index contributed by atoms with van der Waals surface area (Å²) in [5.74, 6) is 6.68. The van der Waals surface area contributed by atoms with Gasteiger partial charge in [0.15, 0.2) is 0 Å². The van der Waals surface area contributed by atoms with Crippen LogP contribution >= 0.6 is 0 Å². The van der Waals surface area contributed by atoms with Crippen LogP contribution in [0, 0.1) is 18.8 Å². The van der Waals surface area contributed by atoms with Crippen molar-refractivity contribution in [2.45, 2.75) is 19.9 Å². The third-order valence-corrected chi connectivity index (χ3v) is 5.81. The van der Waals surface area contributed by atoms with Gasteiger partial charge < -0.3 is 10.6 Å². The fraction of sp³-hybridized carbons (Fsp3) is 0.148. The van der Waals surface area contributed by atoms with Gasteiger partial charge in [-0.25, -0.2) is 19.6 Å². The maximum Gasteiger partial charge on any atom is 0.242 e. The van der Waals surface area contributed by atoms with E-state index in [4.69, 9.17) is 4.98 Å². The van der Waals surface area contributed by atoms with Crippen molar-refractivity contribution >= 4 is 17.4 Å². The van der Waals surface area contributed by atoms with Gasteiger partial charge in [0.05, 0.1) is 23.1 Å². The van der Waals surface area contributed by atoms with Crippen LogP contribution in [0.3, 0.4) is 0 Å². The Bertz CT molecular complexity index is 1590. The van der Waals surface area contributed by atoms with Crippen LogP contribution in [0.4, 0.5) is 5.82 Å². The average Bonchev–Trinajstić information content (AvgIpc) is 3.55. The van der Waals surface area contributed by atoms with Crippen molar-refractivity contribution in [1.29, 1.82) is 0 Å². The van der Waals surface area contributed by atoms with E-state index in [1.54, 1.807) is 31.0 Å². The van der Waals surface area contributed by atoms with Crippen molar-refractivity contribution in [3.63, 3.8) is 0 Å². The Morgan fingerprint density at radius 1 is 1.03 bits per heavy atom. The quantitative estimate of drug-likeness (QED) is 0.378. The summed E-state index contributed by atoms with van der Waals surface area (Å²) in [6.07, 6.45) is 5.10. The molecule has 5 aromatic rings. The van der Waals surface area contributed by atoms with E-state index >= 15 is 0 Å². The van der Waals surface area contributed by atoms with E-state index in [1.807, 2.05) is 66.1 Å². The first-order valence-corrected chi connectivity index (χ1v) is 11.4.